The van der Waals surface area contributed by atoms with Crippen LogP contribution in [0.3, 0.4) is 0 Å². The summed E-state index contributed by atoms with van der Waals surface area (Å²) in [4.78, 5) is 15.1. The summed E-state index contributed by atoms with van der Waals surface area (Å²) >= 11 is 0. The van der Waals surface area contributed by atoms with Crippen LogP contribution >= 0.6 is 0 Å². The predicted molar refractivity (Wildman–Crippen MR) is 87.9 cm³/mol. The van der Waals surface area contributed by atoms with Crippen molar-refractivity contribution in [3.05, 3.63) is 35.4 Å². The number of carbonyl (C=O) groups is 1. The Balaban J connectivity index is 1.92. The Bertz CT molecular complexity index is 525. The van der Waals surface area contributed by atoms with E-state index in [2.05, 4.69) is 43.0 Å². The SMILES string of the molecule is CCCN1C2CCC1C(C(=O)OC)C(c1ccc(C)cc1)C2. The Labute approximate surface area is 133 Å². The topological polar surface area (TPSA) is 29.5 Å². The van der Waals surface area contributed by atoms with Crippen molar-refractivity contribution in [1.82, 2.24) is 4.90 Å². The van der Waals surface area contributed by atoms with E-state index in [4.69, 9.17) is 4.74 Å². The van der Waals surface area contributed by atoms with Crippen molar-refractivity contribution < 1.29 is 9.53 Å². The Hall–Kier alpha value is -1.35. The molecule has 1 aromatic rings. The molecule has 0 aliphatic carbocycles. The van der Waals surface area contributed by atoms with Crippen LogP contribution in [-0.4, -0.2) is 36.6 Å². The molecule has 4 atom stereocenters. The molecule has 22 heavy (non-hydrogen) atoms. The van der Waals surface area contributed by atoms with E-state index in [1.54, 1.807) is 0 Å². The molecule has 0 aromatic heterocycles. The largest absolute Gasteiger partial charge is 0.469 e. The van der Waals surface area contributed by atoms with E-state index in [1.165, 1.54) is 24.7 Å². The Morgan fingerprint density at radius 2 is 2.00 bits per heavy atom. The van der Waals surface area contributed by atoms with Gasteiger partial charge in [-0.15, -0.1) is 0 Å². The van der Waals surface area contributed by atoms with Crippen LogP contribution in [0, 0.1) is 12.8 Å². The highest BCUT2D eigenvalue weighted by molar-refractivity contribution is 5.75. The maximum atomic E-state index is 12.5. The highest BCUT2D eigenvalue weighted by atomic mass is 16.5. The average molecular weight is 301 g/mol. The quantitative estimate of drug-likeness (QED) is 0.797. The summed E-state index contributed by atoms with van der Waals surface area (Å²) in [5.74, 6) is 0.258. The minimum Gasteiger partial charge on any atom is -0.469 e. The maximum Gasteiger partial charge on any atom is 0.310 e. The molecule has 3 nitrogen and oxygen atoms in total. The molecule has 0 radical (unpaired) electrons. The lowest BCUT2D eigenvalue weighted by molar-refractivity contribution is -0.150. The molecule has 0 amide bonds. The Morgan fingerprint density at radius 1 is 1.27 bits per heavy atom. The van der Waals surface area contributed by atoms with Gasteiger partial charge >= 0.3 is 5.97 Å². The Kier molecular flexibility index (Phi) is 4.53. The molecule has 3 rings (SSSR count). The average Bonchev–Trinajstić information content (AvgIpc) is 2.80. The van der Waals surface area contributed by atoms with E-state index in [0.717, 1.165) is 25.8 Å². The first-order valence-electron chi connectivity index (χ1n) is 8.55. The minimum absolute atomic E-state index is 0.0157. The van der Waals surface area contributed by atoms with Gasteiger partial charge in [0, 0.05) is 18.0 Å². The lowest BCUT2D eigenvalue weighted by atomic mass is 9.76. The van der Waals surface area contributed by atoms with Crippen molar-refractivity contribution in [1.29, 1.82) is 0 Å². The summed E-state index contributed by atoms with van der Waals surface area (Å²) in [6.07, 6.45) is 4.59. The van der Waals surface area contributed by atoms with Crippen molar-refractivity contribution in [2.75, 3.05) is 13.7 Å². The highest BCUT2D eigenvalue weighted by Crippen LogP contribution is 2.47. The van der Waals surface area contributed by atoms with Gasteiger partial charge in [0.15, 0.2) is 0 Å². The molecule has 2 aliphatic heterocycles. The van der Waals surface area contributed by atoms with Gasteiger partial charge in [0.1, 0.15) is 0 Å². The number of aryl methyl sites for hydroxylation is 1. The zero-order valence-electron chi connectivity index (χ0n) is 13.9. The van der Waals surface area contributed by atoms with E-state index in [0.29, 0.717) is 18.0 Å². The zero-order valence-corrected chi connectivity index (χ0v) is 13.9. The number of carbonyl (C=O) groups excluding carboxylic acids is 1. The third-order valence-corrected chi connectivity index (χ3v) is 5.53. The van der Waals surface area contributed by atoms with Gasteiger partial charge in [0.25, 0.3) is 0 Å². The molecule has 2 aliphatic rings. The number of esters is 1. The molecule has 3 heteroatoms. The summed E-state index contributed by atoms with van der Waals surface area (Å²) in [6.45, 7) is 5.43. The van der Waals surface area contributed by atoms with Crippen LogP contribution in [0.1, 0.15) is 49.7 Å². The molecule has 2 bridgehead atoms. The number of methoxy groups -OCH3 is 1. The van der Waals surface area contributed by atoms with E-state index in [9.17, 15) is 4.79 Å². The smallest absolute Gasteiger partial charge is 0.310 e. The van der Waals surface area contributed by atoms with Gasteiger partial charge in [-0.25, -0.2) is 0 Å². The van der Waals surface area contributed by atoms with Crippen LogP contribution in [0.5, 0.6) is 0 Å². The van der Waals surface area contributed by atoms with Crippen LogP contribution in [0.2, 0.25) is 0 Å². The molecule has 0 N–H and O–H groups in total. The molecule has 0 saturated carbocycles. The first kappa shape index (κ1) is 15.5. The van der Waals surface area contributed by atoms with Crippen LogP contribution in [-0.2, 0) is 9.53 Å². The number of piperidine rings is 1. The maximum absolute atomic E-state index is 12.5. The second-order valence-corrected chi connectivity index (χ2v) is 6.84. The lowest BCUT2D eigenvalue weighted by Gasteiger charge is -2.43. The molecule has 2 heterocycles. The molecule has 0 spiro atoms. The van der Waals surface area contributed by atoms with Crippen molar-refractivity contribution in [2.24, 2.45) is 5.92 Å². The molecule has 2 fully saturated rings. The standard InChI is InChI=1S/C19H27NO2/c1-4-11-20-15-9-10-17(20)18(19(21)22-3)16(12-15)14-7-5-13(2)6-8-14/h5-8,15-18H,4,9-12H2,1-3H3. The van der Waals surface area contributed by atoms with Crippen LogP contribution in [0.4, 0.5) is 0 Å². The molecular weight excluding hydrogens is 274 g/mol. The first-order valence-corrected chi connectivity index (χ1v) is 8.55. The van der Waals surface area contributed by atoms with Gasteiger partial charge in [-0.05, 0) is 44.7 Å². The number of benzene rings is 1. The Morgan fingerprint density at radius 3 is 2.64 bits per heavy atom. The number of ether oxygens (including phenoxy) is 1. The highest BCUT2D eigenvalue weighted by Gasteiger charge is 2.50. The van der Waals surface area contributed by atoms with E-state index in [1.807, 2.05) is 0 Å². The van der Waals surface area contributed by atoms with E-state index >= 15 is 0 Å². The molecule has 4 unspecified atom stereocenters. The van der Waals surface area contributed by atoms with Crippen molar-refractivity contribution in [3.8, 4) is 0 Å². The van der Waals surface area contributed by atoms with Gasteiger partial charge < -0.3 is 4.74 Å². The van der Waals surface area contributed by atoms with E-state index in [-0.39, 0.29) is 11.9 Å². The second-order valence-electron chi connectivity index (χ2n) is 6.84. The number of nitrogens with zero attached hydrogens (tertiary/aromatic N) is 1. The number of rotatable bonds is 4. The van der Waals surface area contributed by atoms with Gasteiger partial charge in [-0.2, -0.15) is 0 Å². The summed E-state index contributed by atoms with van der Waals surface area (Å²) in [6, 6.07) is 9.71. The van der Waals surface area contributed by atoms with Crippen LogP contribution < -0.4 is 0 Å². The van der Waals surface area contributed by atoms with Crippen molar-refractivity contribution in [2.45, 2.75) is 57.5 Å². The van der Waals surface area contributed by atoms with E-state index < -0.39 is 0 Å². The summed E-state index contributed by atoms with van der Waals surface area (Å²) in [7, 11) is 1.53. The van der Waals surface area contributed by atoms with Gasteiger partial charge in [0.2, 0.25) is 0 Å². The van der Waals surface area contributed by atoms with Gasteiger partial charge in [0.05, 0.1) is 13.0 Å². The normalized spacial score (nSPS) is 31.2. The zero-order chi connectivity index (χ0) is 15.7. The number of fused-ring (bicyclic) bond motifs is 2. The fourth-order valence-electron chi connectivity index (χ4n) is 4.53. The van der Waals surface area contributed by atoms with Crippen LogP contribution in [0.25, 0.3) is 0 Å². The third-order valence-electron chi connectivity index (χ3n) is 5.53. The molecule has 120 valence electrons. The van der Waals surface area contributed by atoms with Crippen LogP contribution in [0.15, 0.2) is 24.3 Å². The lowest BCUT2D eigenvalue weighted by Crippen LogP contribution is -2.51. The molecular formula is C19H27NO2. The summed E-state index contributed by atoms with van der Waals surface area (Å²) in [5, 5.41) is 0. The number of hydrogen-bond donors (Lipinski definition) is 0. The fraction of sp³-hybridized carbons (Fsp3) is 0.632. The second kappa shape index (κ2) is 6.41. The van der Waals surface area contributed by atoms with Crippen molar-refractivity contribution in [3.63, 3.8) is 0 Å². The summed E-state index contributed by atoms with van der Waals surface area (Å²) in [5.41, 5.74) is 2.57. The number of hydrogen-bond acceptors (Lipinski definition) is 3. The third kappa shape index (κ3) is 2.67. The first-order chi connectivity index (χ1) is 10.7. The predicted octanol–water partition coefficient (Wildman–Crippen LogP) is 3.51. The van der Waals surface area contributed by atoms with Gasteiger partial charge in [-0.3, -0.25) is 9.69 Å². The monoisotopic (exact) mass is 301 g/mol. The fourth-order valence-corrected chi connectivity index (χ4v) is 4.53. The minimum atomic E-state index is -0.0305. The molecule has 2 saturated heterocycles. The summed E-state index contributed by atoms with van der Waals surface area (Å²) < 4.78 is 5.18. The van der Waals surface area contributed by atoms with Gasteiger partial charge in [-0.1, -0.05) is 36.8 Å². The van der Waals surface area contributed by atoms with Crippen molar-refractivity contribution >= 4 is 5.97 Å². The molecule has 1 aromatic carbocycles.